The first kappa shape index (κ1) is 26.8. The fraction of sp³-hybridized carbons (Fsp3) is 0. The highest BCUT2D eigenvalue weighted by Gasteiger charge is 2.19. The van der Waals surface area contributed by atoms with Gasteiger partial charge in [-0.25, -0.2) is 0 Å². The van der Waals surface area contributed by atoms with Crippen molar-refractivity contribution in [2.24, 2.45) is 0 Å². The molecule has 8 aromatic carbocycles. The maximum atomic E-state index is 6.41. The first-order valence-electron chi connectivity index (χ1n) is 16.3. The van der Waals surface area contributed by atoms with Gasteiger partial charge in [0, 0.05) is 27.8 Å². The maximum absolute atomic E-state index is 6.41. The minimum atomic E-state index is 0.824. The summed E-state index contributed by atoms with van der Waals surface area (Å²) in [6.07, 6.45) is 0. The highest BCUT2D eigenvalue weighted by Crippen LogP contribution is 2.45. The van der Waals surface area contributed by atoms with Crippen molar-refractivity contribution in [3.05, 3.63) is 170 Å². The molecule has 2 nitrogen and oxygen atoms in total. The summed E-state index contributed by atoms with van der Waals surface area (Å²) in [6.45, 7) is 0. The average Bonchev–Trinajstić information content (AvgIpc) is 3.73. The van der Waals surface area contributed by atoms with Crippen molar-refractivity contribution in [1.82, 2.24) is 0 Å². The molecule has 2 aromatic heterocycles. The molecule has 0 aliphatic rings. The van der Waals surface area contributed by atoms with E-state index in [9.17, 15) is 0 Å². The molecular formula is C46H28O2. The summed E-state index contributed by atoms with van der Waals surface area (Å²) in [5, 5.41) is 8.18. The van der Waals surface area contributed by atoms with Gasteiger partial charge in [0.15, 0.2) is 0 Å². The minimum absolute atomic E-state index is 0.824. The highest BCUT2D eigenvalue weighted by atomic mass is 16.3. The molecule has 0 amide bonds. The van der Waals surface area contributed by atoms with Gasteiger partial charge >= 0.3 is 0 Å². The van der Waals surface area contributed by atoms with E-state index >= 15 is 0 Å². The van der Waals surface area contributed by atoms with Gasteiger partial charge in [0.1, 0.15) is 22.5 Å². The number of rotatable bonds is 4. The maximum Gasteiger partial charge on any atom is 0.139 e. The van der Waals surface area contributed by atoms with Crippen molar-refractivity contribution < 1.29 is 8.83 Å². The summed E-state index contributed by atoms with van der Waals surface area (Å²) >= 11 is 0. The highest BCUT2D eigenvalue weighted by molar-refractivity contribution is 6.22. The zero-order valence-corrected chi connectivity index (χ0v) is 26.0. The lowest BCUT2D eigenvalue weighted by atomic mass is 9.85. The summed E-state index contributed by atoms with van der Waals surface area (Å²) in [5.74, 6) is 0.857. The Balaban J connectivity index is 1.19. The lowest BCUT2D eigenvalue weighted by molar-refractivity contribution is 0.628. The molecule has 0 saturated carbocycles. The predicted octanol–water partition coefficient (Wildman–Crippen LogP) is 13.3. The second-order valence-electron chi connectivity index (χ2n) is 12.5. The van der Waals surface area contributed by atoms with E-state index < -0.39 is 0 Å². The summed E-state index contributed by atoms with van der Waals surface area (Å²) in [7, 11) is 0. The topological polar surface area (TPSA) is 26.3 Å². The largest absolute Gasteiger partial charge is 0.456 e. The van der Waals surface area contributed by atoms with Crippen LogP contribution < -0.4 is 0 Å². The first-order chi connectivity index (χ1) is 23.8. The lowest BCUT2D eigenvalue weighted by Crippen LogP contribution is -1.91. The molecule has 0 fully saturated rings. The van der Waals surface area contributed by atoms with Crippen LogP contribution in [-0.4, -0.2) is 0 Å². The molecule has 0 atom stereocenters. The van der Waals surface area contributed by atoms with E-state index in [2.05, 4.69) is 146 Å². The van der Waals surface area contributed by atoms with Crippen LogP contribution in [0.15, 0.2) is 179 Å². The smallest absolute Gasteiger partial charge is 0.139 e. The van der Waals surface area contributed by atoms with Crippen LogP contribution in [0.25, 0.3) is 99.2 Å². The zero-order valence-electron chi connectivity index (χ0n) is 26.0. The molecule has 0 spiro atoms. The molecule has 0 radical (unpaired) electrons. The van der Waals surface area contributed by atoms with Crippen molar-refractivity contribution in [2.45, 2.75) is 0 Å². The molecule has 2 heterocycles. The summed E-state index contributed by atoms with van der Waals surface area (Å²) < 4.78 is 12.7. The van der Waals surface area contributed by atoms with Crippen LogP contribution in [0.3, 0.4) is 0 Å². The van der Waals surface area contributed by atoms with Crippen molar-refractivity contribution in [3.63, 3.8) is 0 Å². The van der Waals surface area contributed by atoms with Gasteiger partial charge in [0.2, 0.25) is 0 Å². The molecule has 0 unspecified atom stereocenters. The van der Waals surface area contributed by atoms with Crippen LogP contribution in [-0.2, 0) is 0 Å². The Bertz CT molecular complexity index is 2760. The van der Waals surface area contributed by atoms with Crippen LogP contribution in [0, 0.1) is 0 Å². The third kappa shape index (κ3) is 4.20. The SMILES string of the molecule is c1ccc(-c2cccc(-c3c4ccccc4c(-c4ccc5oc6cc7oc(-c8ccccc8)cc7cc6c5c4)c4ccccc34)c2)cc1. The van der Waals surface area contributed by atoms with Crippen molar-refractivity contribution in [2.75, 3.05) is 0 Å². The monoisotopic (exact) mass is 612 g/mol. The molecule has 2 heteroatoms. The Morgan fingerprint density at radius 2 is 0.812 bits per heavy atom. The Morgan fingerprint density at radius 1 is 0.271 bits per heavy atom. The lowest BCUT2D eigenvalue weighted by Gasteiger charge is -2.18. The molecule has 0 saturated heterocycles. The van der Waals surface area contributed by atoms with Gasteiger partial charge in [-0.2, -0.15) is 0 Å². The minimum Gasteiger partial charge on any atom is -0.456 e. The third-order valence-electron chi connectivity index (χ3n) is 9.64. The van der Waals surface area contributed by atoms with E-state index in [-0.39, 0.29) is 0 Å². The van der Waals surface area contributed by atoms with Crippen molar-refractivity contribution >= 4 is 54.5 Å². The van der Waals surface area contributed by atoms with Gasteiger partial charge in [-0.15, -0.1) is 0 Å². The molecule has 0 bridgehead atoms. The average molecular weight is 613 g/mol. The fourth-order valence-corrected chi connectivity index (χ4v) is 7.45. The summed E-state index contributed by atoms with van der Waals surface area (Å²) in [6, 6.07) is 60.4. The fourth-order valence-electron chi connectivity index (χ4n) is 7.45. The molecule has 48 heavy (non-hydrogen) atoms. The Morgan fingerprint density at radius 3 is 1.48 bits per heavy atom. The quantitative estimate of drug-likeness (QED) is 0.185. The summed E-state index contributed by atoms with van der Waals surface area (Å²) in [4.78, 5) is 0. The number of benzene rings is 8. The van der Waals surface area contributed by atoms with Gasteiger partial charge in [0.25, 0.3) is 0 Å². The van der Waals surface area contributed by atoms with E-state index in [0.717, 1.165) is 44.2 Å². The Kier molecular flexibility index (Phi) is 5.91. The molecule has 10 aromatic rings. The van der Waals surface area contributed by atoms with Crippen LogP contribution in [0.4, 0.5) is 0 Å². The number of hydrogen-bond donors (Lipinski definition) is 0. The second-order valence-corrected chi connectivity index (χ2v) is 12.5. The normalized spacial score (nSPS) is 11.8. The molecule has 0 N–H and O–H groups in total. The van der Waals surface area contributed by atoms with E-state index in [1.165, 1.54) is 54.9 Å². The number of fused-ring (bicyclic) bond motifs is 6. The number of furan rings is 2. The van der Waals surface area contributed by atoms with Crippen LogP contribution in [0.5, 0.6) is 0 Å². The van der Waals surface area contributed by atoms with Gasteiger partial charge in [-0.3, -0.25) is 0 Å². The second kappa shape index (κ2) is 10.6. The van der Waals surface area contributed by atoms with E-state index in [4.69, 9.17) is 8.83 Å². The first-order valence-corrected chi connectivity index (χ1v) is 16.3. The van der Waals surface area contributed by atoms with Gasteiger partial charge < -0.3 is 8.83 Å². The van der Waals surface area contributed by atoms with Gasteiger partial charge in [0.05, 0.1) is 0 Å². The molecule has 0 aliphatic heterocycles. The van der Waals surface area contributed by atoms with Crippen molar-refractivity contribution in [1.29, 1.82) is 0 Å². The molecule has 10 rings (SSSR count). The van der Waals surface area contributed by atoms with Crippen LogP contribution >= 0.6 is 0 Å². The van der Waals surface area contributed by atoms with E-state index in [1.807, 2.05) is 24.3 Å². The zero-order chi connectivity index (χ0) is 31.6. The standard InChI is InChI=1S/C46H28O2/c1-3-12-29(13-4-1)31-16-11-17-32(24-31)45-35-18-7-9-20-37(35)46(38-21-10-8-19-36(38)45)33-22-23-41-39(25-33)40-26-34-27-42(30-14-5-2-6-15-30)48-43(34)28-44(40)47-41/h1-28H. The third-order valence-corrected chi connectivity index (χ3v) is 9.64. The molecule has 0 aliphatic carbocycles. The van der Waals surface area contributed by atoms with Crippen LogP contribution in [0.1, 0.15) is 0 Å². The van der Waals surface area contributed by atoms with E-state index in [0.29, 0.717) is 0 Å². The summed E-state index contributed by atoms with van der Waals surface area (Å²) in [5.41, 5.74) is 10.9. The molecular weight excluding hydrogens is 585 g/mol. The predicted molar refractivity (Wildman–Crippen MR) is 200 cm³/mol. The van der Waals surface area contributed by atoms with Gasteiger partial charge in [-0.1, -0.05) is 133 Å². The number of hydrogen-bond acceptors (Lipinski definition) is 2. The van der Waals surface area contributed by atoms with E-state index in [1.54, 1.807) is 0 Å². The Labute approximate surface area is 277 Å². The van der Waals surface area contributed by atoms with Gasteiger partial charge in [-0.05, 0) is 85.3 Å². The Hall–Kier alpha value is -6.38. The van der Waals surface area contributed by atoms with Crippen molar-refractivity contribution in [3.8, 4) is 44.7 Å². The van der Waals surface area contributed by atoms with Crippen LogP contribution in [0.2, 0.25) is 0 Å². The molecule has 224 valence electrons.